The molecule has 1 unspecified atom stereocenters. The number of para-hydroxylation sites is 1. The average Bonchev–Trinajstić information content (AvgIpc) is 2.60. The topological polar surface area (TPSA) is 79.2 Å². The van der Waals surface area contributed by atoms with Crippen molar-refractivity contribution in [2.24, 2.45) is 0 Å². The van der Waals surface area contributed by atoms with E-state index in [1.165, 1.54) is 12.1 Å². The highest BCUT2D eigenvalue weighted by Crippen LogP contribution is 2.33. The summed E-state index contributed by atoms with van der Waals surface area (Å²) in [4.78, 5) is 0.0165. The fourth-order valence-electron chi connectivity index (χ4n) is 2.71. The molecule has 5 nitrogen and oxygen atoms in total. The van der Waals surface area contributed by atoms with Gasteiger partial charge >= 0.3 is 0 Å². The van der Waals surface area contributed by atoms with Gasteiger partial charge in [0.25, 0.3) is 0 Å². The number of benzene rings is 2. The van der Waals surface area contributed by atoms with Gasteiger partial charge in [-0.3, -0.25) is 0 Å². The summed E-state index contributed by atoms with van der Waals surface area (Å²) in [5.74, 6) is 0.865. The van der Waals surface area contributed by atoms with Gasteiger partial charge in [0, 0.05) is 12.5 Å². The molecule has 6 heteroatoms. The Labute approximate surface area is 135 Å². The second-order valence-corrected chi connectivity index (χ2v) is 7.07. The summed E-state index contributed by atoms with van der Waals surface area (Å²) >= 11 is 0. The molecule has 1 atom stereocenters. The van der Waals surface area contributed by atoms with Crippen LogP contribution in [0.4, 0.5) is 0 Å². The number of fused-ring (bicyclic) bond motifs is 1. The van der Waals surface area contributed by atoms with Crippen LogP contribution in [0.5, 0.6) is 5.75 Å². The average molecular weight is 328 g/mol. The Morgan fingerprint density at radius 2 is 1.91 bits per heavy atom. The lowest BCUT2D eigenvalue weighted by molar-refractivity contribution is 0.267. The van der Waals surface area contributed by atoms with E-state index < -0.39 is 10.0 Å². The molecule has 0 amide bonds. The number of nitrogens with zero attached hydrogens (tertiary/aromatic N) is 1. The van der Waals surface area contributed by atoms with E-state index in [2.05, 4.69) is 4.72 Å². The van der Waals surface area contributed by atoms with Crippen LogP contribution in [0.15, 0.2) is 53.4 Å². The Kier molecular flexibility index (Phi) is 4.33. The quantitative estimate of drug-likeness (QED) is 0.935. The molecule has 0 spiro atoms. The molecule has 0 aromatic heterocycles. The second-order valence-electron chi connectivity index (χ2n) is 5.33. The zero-order chi connectivity index (χ0) is 16.3. The lowest BCUT2D eigenvalue weighted by Crippen LogP contribution is -2.31. The normalized spacial score (nSPS) is 16.9. The lowest BCUT2D eigenvalue weighted by atomic mass is 9.93. The zero-order valence-electron chi connectivity index (χ0n) is 12.4. The molecule has 0 fully saturated rings. The van der Waals surface area contributed by atoms with Gasteiger partial charge in [-0.25, -0.2) is 13.1 Å². The number of rotatable bonds is 4. The minimum Gasteiger partial charge on any atom is -0.493 e. The molecule has 2 aromatic rings. The van der Waals surface area contributed by atoms with Crippen molar-refractivity contribution in [3.05, 3.63) is 59.7 Å². The van der Waals surface area contributed by atoms with Crippen molar-refractivity contribution >= 4 is 10.0 Å². The molecule has 0 aliphatic carbocycles. The van der Waals surface area contributed by atoms with E-state index >= 15 is 0 Å². The molecule has 1 N–H and O–H groups in total. The van der Waals surface area contributed by atoms with Gasteiger partial charge < -0.3 is 4.74 Å². The maximum atomic E-state index is 12.5. The number of hydrogen-bond acceptors (Lipinski definition) is 4. The van der Waals surface area contributed by atoms with E-state index in [0.717, 1.165) is 17.7 Å². The van der Waals surface area contributed by atoms with Crippen molar-refractivity contribution in [1.82, 2.24) is 4.72 Å². The van der Waals surface area contributed by atoms with Gasteiger partial charge in [-0.05, 0) is 30.2 Å². The SMILES string of the molecule is N#Cc1ccccc1S(=O)(=O)NCC1CCOc2ccccc21. The highest BCUT2D eigenvalue weighted by atomic mass is 32.2. The first-order chi connectivity index (χ1) is 11.1. The maximum absolute atomic E-state index is 12.5. The van der Waals surface area contributed by atoms with E-state index in [1.807, 2.05) is 30.3 Å². The summed E-state index contributed by atoms with van der Waals surface area (Å²) in [6, 6.07) is 15.8. The fraction of sp³-hybridized carbons (Fsp3) is 0.235. The van der Waals surface area contributed by atoms with E-state index in [0.29, 0.717) is 6.61 Å². The van der Waals surface area contributed by atoms with Crippen molar-refractivity contribution < 1.29 is 13.2 Å². The van der Waals surface area contributed by atoms with Crippen molar-refractivity contribution in [3.8, 4) is 11.8 Å². The monoisotopic (exact) mass is 328 g/mol. The van der Waals surface area contributed by atoms with Crippen molar-refractivity contribution in [2.75, 3.05) is 13.2 Å². The van der Waals surface area contributed by atoms with Crippen LogP contribution in [0.2, 0.25) is 0 Å². The van der Waals surface area contributed by atoms with E-state index in [-0.39, 0.29) is 22.9 Å². The van der Waals surface area contributed by atoms with Crippen LogP contribution in [-0.4, -0.2) is 21.6 Å². The van der Waals surface area contributed by atoms with Gasteiger partial charge in [0.2, 0.25) is 10.0 Å². The lowest BCUT2D eigenvalue weighted by Gasteiger charge is -2.26. The van der Waals surface area contributed by atoms with Crippen LogP contribution in [0.3, 0.4) is 0 Å². The number of nitriles is 1. The molecule has 0 saturated heterocycles. The Bertz CT molecular complexity index is 856. The molecular weight excluding hydrogens is 312 g/mol. The predicted molar refractivity (Wildman–Crippen MR) is 85.6 cm³/mol. The Morgan fingerprint density at radius 3 is 2.74 bits per heavy atom. The Hall–Kier alpha value is -2.36. The molecule has 118 valence electrons. The molecule has 0 bridgehead atoms. The first-order valence-corrected chi connectivity index (χ1v) is 8.80. The van der Waals surface area contributed by atoms with Crippen LogP contribution >= 0.6 is 0 Å². The second kappa shape index (κ2) is 6.41. The number of sulfonamides is 1. The number of ether oxygens (including phenoxy) is 1. The van der Waals surface area contributed by atoms with Crippen LogP contribution in [0.25, 0.3) is 0 Å². The maximum Gasteiger partial charge on any atom is 0.241 e. The summed E-state index contributed by atoms with van der Waals surface area (Å²) in [6.45, 7) is 0.848. The Morgan fingerprint density at radius 1 is 1.17 bits per heavy atom. The van der Waals surface area contributed by atoms with E-state index in [4.69, 9.17) is 10.00 Å². The van der Waals surface area contributed by atoms with Gasteiger partial charge in [0.1, 0.15) is 11.8 Å². The minimum absolute atomic E-state index is 0.0165. The predicted octanol–water partition coefficient (Wildman–Crippen LogP) is 2.40. The van der Waals surface area contributed by atoms with Crippen LogP contribution in [0.1, 0.15) is 23.5 Å². The van der Waals surface area contributed by atoms with Gasteiger partial charge in [0.05, 0.1) is 17.1 Å². The van der Waals surface area contributed by atoms with Crippen molar-refractivity contribution in [1.29, 1.82) is 5.26 Å². The third-order valence-electron chi connectivity index (χ3n) is 3.90. The largest absolute Gasteiger partial charge is 0.493 e. The summed E-state index contributed by atoms with van der Waals surface area (Å²) in [5, 5.41) is 9.07. The molecule has 0 saturated carbocycles. The third kappa shape index (κ3) is 3.21. The van der Waals surface area contributed by atoms with Gasteiger partial charge in [-0.15, -0.1) is 0 Å². The van der Waals surface area contributed by atoms with E-state index in [9.17, 15) is 8.42 Å². The summed E-state index contributed by atoms with van der Waals surface area (Å²) < 4.78 is 33.2. The molecule has 0 radical (unpaired) electrons. The molecule has 1 aliphatic heterocycles. The highest BCUT2D eigenvalue weighted by molar-refractivity contribution is 7.89. The molecule has 1 heterocycles. The van der Waals surface area contributed by atoms with Crippen LogP contribution in [0, 0.1) is 11.3 Å². The molecular formula is C17H16N2O3S. The summed E-state index contributed by atoms with van der Waals surface area (Å²) in [7, 11) is -3.72. The molecule has 1 aliphatic rings. The smallest absolute Gasteiger partial charge is 0.241 e. The van der Waals surface area contributed by atoms with Crippen LogP contribution < -0.4 is 9.46 Å². The first-order valence-electron chi connectivity index (χ1n) is 7.32. The summed E-state index contributed by atoms with van der Waals surface area (Å²) in [6.07, 6.45) is 0.749. The third-order valence-corrected chi connectivity index (χ3v) is 5.38. The molecule has 2 aromatic carbocycles. The zero-order valence-corrected chi connectivity index (χ0v) is 13.2. The molecule has 3 rings (SSSR count). The fourth-order valence-corrected chi connectivity index (χ4v) is 3.95. The number of hydrogen-bond donors (Lipinski definition) is 1. The van der Waals surface area contributed by atoms with E-state index in [1.54, 1.807) is 12.1 Å². The minimum atomic E-state index is -3.72. The van der Waals surface area contributed by atoms with Gasteiger partial charge in [-0.1, -0.05) is 30.3 Å². The summed E-state index contributed by atoms with van der Waals surface area (Å²) in [5.41, 5.74) is 1.15. The van der Waals surface area contributed by atoms with Gasteiger partial charge in [0.15, 0.2) is 0 Å². The van der Waals surface area contributed by atoms with Crippen molar-refractivity contribution in [2.45, 2.75) is 17.2 Å². The highest BCUT2D eigenvalue weighted by Gasteiger charge is 2.24. The van der Waals surface area contributed by atoms with Gasteiger partial charge in [-0.2, -0.15) is 5.26 Å². The molecule has 23 heavy (non-hydrogen) atoms. The van der Waals surface area contributed by atoms with Crippen molar-refractivity contribution in [3.63, 3.8) is 0 Å². The first kappa shape index (κ1) is 15.5. The standard InChI is InChI=1S/C17H16N2O3S/c18-11-13-5-1-4-8-17(13)23(20,21)19-12-14-9-10-22-16-7-3-2-6-15(14)16/h1-8,14,19H,9-10,12H2. The van der Waals surface area contributed by atoms with Crippen LogP contribution in [-0.2, 0) is 10.0 Å². The Balaban J connectivity index is 1.80. The number of nitrogens with one attached hydrogen (secondary N) is 1.